The van der Waals surface area contributed by atoms with E-state index in [1.54, 1.807) is 30.3 Å². The van der Waals surface area contributed by atoms with Gasteiger partial charge in [-0.2, -0.15) is 0 Å². The number of hydrogen-bond acceptors (Lipinski definition) is 2. The van der Waals surface area contributed by atoms with Crippen LogP contribution in [-0.4, -0.2) is 11.1 Å². The van der Waals surface area contributed by atoms with Gasteiger partial charge >= 0.3 is 5.97 Å². The number of anilines is 1. The molecule has 110 valence electrons. The number of aliphatic carboxylic acids is 1. The summed E-state index contributed by atoms with van der Waals surface area (Å²) in [4.78, 5) is 11.5. The van der Waals surface area contributed by atoms with Crippen molar-refractivity contribution in [3.8, 4) is 0 Å². The molecular formula is C14H9BrCl3NO2. The summed E-state index contributed by atoms with van der Waals surface area (Å²) in [6.07, 6.45) is 0. The zero-order valence-electron chi connectivity index (χ0n) is 10.4. The van der Waals surface area contributed by atoms with Crippen molar-refractivity contribution in [1.82, 2.24) is 0 Å². The Bertz CT molecular complexity index is 694. The number of carboxylic acids is 1. The van der Waals surface area contributed by atoms with Gasteiger partial charge in [-0.25, -0.2) is 4.79 Å². The van der Waals surface area contributed by atoms with E-state index in [2.05, 4.69) is 21.2 Å². The maximum Gasteiger partial charge on any atom is 0.330 e. The summed E-state index contributed by atoms with van der Waals surface area (Å²) in [5, 5.41) is 13.6. The van der Waals surface area contributed by atoms with Crippen LogP contribution in [0.5, 0.6) is 0 Å². The van der Waals surface area contributed by atoms with Gasteiger partial charge in [-0.1, -0.05) is 34.8 Å². The molecule has 0 amide bonds. The van der Waals surface area contributed by atoms with E-state index in [0.29, 0.717) is 30.8 Å². The Hall–Kier alpha value is -0.940. The number of benzene rings is 2. The van der Waals surface area contributed by atoms with Crippen molar-refractivity contribution in [2.24, 2.45) is 0 Å². The molecule has 2 aromatic rings. The van der Waals surface area contributed by atoms with Crippen molar-refractivity contribution >= 4 is 62.4 Å². The summed E-state index contributed by atoms with van der Waals surface area (Å²) in [6.45, 7) is 0. The normalized spacial score (nSPS) is 12.0. The van der Waals surface area contributed by atoms with Crippen LogP contribution in [0.15, 0.2) is 40.9 Å². The minimum absolute atomic E-state index is 0.326. The zero-order chi connectivity index (χ0) is 15.6. The number of rotatable bonds is 4. The monoisotopic (exact) mass is 407 g/mol. The van der Waals surface area contributed by atoms with Gasteiger partial charge in [-0.05, 0) is 52.3 Å². The Kier molecular flexibility index (Phi) is 5.38. The molecule has 0 saturated heterocycles. The lowest BCUT2D eigenvalue weighted by atomic mass is 10.1. The molecule has 0 radical (unpaired) electrons. The van der Waals surface area contributed by atoms with E-state index in [-0.39, 0.29) is 0 Å². The largest absolute Gasteiger partial charge is 0.479 e. The lowest BCUT2D eigenvalue weighted by Gasteiger charge is -2.18. The molecule has 2 rings (SSSR count). The Morgan fingerprint density at radius 2 is 1.76 bits per heavy atom. The molecule has 0 bridgehead atoms. The molecule has 1 atom stereocenters. The molecule has 0 aliphatic heterocycles. The first-order valence-corrected chi connectivity index (χ1v) is 7.70. The number of hydrogen-bond donors (Lipinski definition) is 2. The van der Waals surface area contributed by atoms with Gasteiger partial charge in [0.25, 0.3) is 0 Å². The standard InChI is InChI=1S/C14H9BrCl3NO2/c15-10-6-8(2-4-12(10)18)19-13(14(20)21)9-5-7(16)1-3-11(9)17/h1-6,13,19H,(H,20,21). The van der Waals surface area contributed by atoms with Crippen molar-refractivity contribution in [2.45, 2.75) is 6.04 Å². The van der Waals surface area contributed by atoms with Crippen LogP contribution in [0.3, 0.4) is 0 Å². The van der Waals surface area contributed by atoms with Gasteiger partial charge < -0.3 is 10.4 Å². The van der Waals surface area contributed by atoms with E-state index in [4.69, 9.17) is 34.8 Å². The smallest absolute Gasteiger partial charge is 0.330 e. The van der Waals surface area contributed by atoms with E-state index in [0.717, 1.165) is 0 Å². The summed E-state index contributed by atoms with van der Waals surface area (Å²) in [5.74, 6) is -1.06. The Balaban J connectivity index is 2.37. The van der Waals surface area contributed by atoms with E-state index >= 15 is 0 Å². The maximum atomic E-state index is 11.5. The second kappa shape index (κ2) is 6.88. The van der Waals surface area contributed by atoms with Crippen molar-refractivity contribution in [3.05, 3.63) is 61.5 Å². The quantitative estimate of drug-likeness (QED) is 0.686. The van der Waals surface area contributed by atoms with Crippen LogP contribution in [0.2, 0.25) is 15.1 Å². The lowest BCUT2D eigenvalue weighted by molar-refractivity contribution is -0.138. The molecule has 0 aromatic heterocycles. The number of nitrogens with one attached hydrogen (secondary N) is 1. The maximum absolute atomic E-state index is 11.5. The van der Waals surface area contributed by atoms with Crippen LogP contribution in [0.25, 0.3) is 0 Å². The van der Waals surface area contributed by atoms with E-state index < -0.39 is 12.0 Å². The van der Waals surface area contributed by atoms with Gasteiger partial charge in [0.1, 0.15) is 0 Å². The van der Waals surface area contributed by atoms with Crippen LogP contribution in [0.1, 0.15) is 11.6 Å². The topological polar surface area (TPSA) is 49.3 Å². The third-order valence-electron chi connectivity index (χ3n) is 2.75. The Morgan fingerprint density at radius 3 is 2.38 bits per heavy atom. The van der Waals surface area contributed by atoms with Crippen LogP contribution >= 0.6 is 50.7 Å². The zero-order valence-corrected chi connectivity index (χ0v) is 14.3. The fourth-order valence-electron chi connectivity index (χ4n) is 1.76. The first-order valence-electron chi connectivity index (χ1n) is 5.78. The van der Waals surface area contributed by atoms with Gasteiger partial charge in [0.15, 0.2) is 6.04 Å². The van der Waals surface area contributed by atoms with Crippen LogP contribution in [-0.2, 0) is 4.79 Å². The first-order chi connectivity index (χ1) is 9.88. The molecule has 0 aliphatic carbocycles. The molecule has 0 fully saturated rings. The van der Waals surface area contributed by atoms with Gasteiger partial charge in [0.05, 0.1) is 5.02 Å². The molecular weight excluding hydrogens is 400 g/mol. The lowest BCUT2D eigenvalue weighted by Crippen LogP contribution is -2.20. The summed E-state index contributed by atoms with van der Waals surface area (Å²) in [6, 6.07) is 8.70. The van der Waals surface area contributed by atoms with Crippen molar-refractivity contribution < 1.29 is 9.90 Å². The van der Waals surface area contributed by atoms with Gasteiger partial charge in [0.2, 0.25) is 0 Å². The van der Waals surface area contributed by atoms with Crippen molar-refractivity contribution in [2.75, 3.05) is 5.32 Å². The molecule has 0 aliphatic rings. The summed E-state index contributed by atoms with van der Waals surface area (Å²) in [7, 11) is 0. The molecule has 0 heterocycles. The highest BCUT2D eigenvalue weighted by Gasteiger charge is 2.22. The predicted molar refractivity (Wildman–Crippen MR) is 89.6 cm³/mol. The number of halogens is 4. The Morgan fingerprint density at radius 1 is 1.10 bits per heavy atom. The molecule has 7 heteroatoms. The average Bonchev–Trinajstić information content (AvgIpc) is 2.42. The number of carbonyl (C=O) groups is 1. The van der Waals surface area contributed by atoms with Gasteiger partial charge in [0, 0.05) is 25.8 Å². The molecule has 0 spiro atoms. The SMILES string of the molecule is O=C(O)C(Nc1ccc(Cl)c(Br)c1)c1cc(Cl)ccc1Cl. The van der Waals surface area contributed by atoms with Crippen molar-refractivity contribution in [1.29, 1.82) is 0 Å². The van der Waals surface area contributed by atoms with Gasteiger partial charge in [-0.15, -0.1) is 0 Å². The molecule has 3 nitrogen and oxygen atoms in total. The molecule has 21 heavy (non-hydrogen) atoms. The molecule has 2 N–H and O–H groups in total. The van der Waals surface area contributed by atoms with Crippen molar-refractivity contribution in [3.63, 3.8) is 0 Å². The second-order valence-electron chi connectivity index (χ2n) is 4.21. The van der Waals surface area contributed by atoms with Crippen LogP contribution < -0.4 is 5.32 Å². The minimum Gasteiger partial charge on any atom is -0.479 e. The fourth-order valence-corrected chi connectivity index (χ4v) is 2.66. The highest BCUT2D eigenvalue weighted by Crippen LogP contribution is 2.31. The average molecular weight is 409 g/mol. The Labute approximate surface area is 145 Å². The molecule has 0 saturated carbocycles. The third kappa shape index (κ3) is 4.04. The van der Waals surface area contributed by atoms with Crippen LogP contribution in [0.4, 0.5) is 5.69 Å². The van der Waals surface area contributed by atoms with E-state index in [1.807, 2.05) is 0 Å². The van der Waals surface area contributed by atoms with Crippen LogP contribution in [0, 0.1) is 0 Å². The molecule has 2 aromatic carbocycles. The van der Waals surface area contributed by atoms with Gasteiger partial charge in [-0.3, -0.25) is 0 Å². The summed E-state index contributed by atoms with van der Waals surface area (Å²) < 4.78 is 0.662. The third-order valence-corrected chi connectivity index (χ3v) is 4.54. The van der Waals surface area contributed by atoms with E-state index in [1.165, 1.54) is 6.07 Å². The highest BCUT2D eigenvalue weighted by atomic mass is 79.9. The molecule has 1 unspecified atom stereocenters. The predicted octanol–water partition coefficient (Wildman–Crippen LogP) is 5.65. The fraction of sp³-hybridized carbons (Fsp3) is 0.0714. The second-order valence-corrected chi connectivity index (χ2v) is 6.32. The highest BCUT2D eigenvalue weighted by molar-refractivity contribution is 9.10. The summed E-state index contributed by atoms with van der Waals surface area (Å²) in [5.41, 5.74) is 0.984. The minimum atomic E-state index is -1.06. The number of carboxylic acid groups (broad SMARTS) is 1. The summed E-state index contributed by atoms with van der Waals surface area (Å²) >= 11 is 21.2. The first kappa shape index (κ1) is 16.4. The van der Waals surface area contributed by atoms with E-state index in [9.17, 15) is 9.90 Å².